The molecule has 0 amide bonds. The van der Waals surface area contributed by atoms with Crippen molar-refractivity contribution in [1.82, 2.24) is 4.72 Å². The third-order valence-electron chi connectivity index (χ3n) is 3.22. The van der Waals surface area contributed by atoms with E-state index in [0.29, 0.717) is 26.2 Å². The second-order valence-corrected chi connectivity index (χ2v) is 6.47. The summed E-state index contributed by atoms with van der Waals surface area (Å²) in [6.45, 7) is 1.81. The Labute approximate surface area is 113 Å². The van der Waals surface area contributed by atoms with Crippen molar-refractivity contribution in [3.8, 4) is 0 Å². The van der Waals surface area contributed by atoms with Crippen molar-refractivity contribution in [2.24, 2.45) is 5.92 Å². The molecule has 19 heavy (non-hydrogen) atoms. The first kappa shape index (κ1) is 14.5. The fraction of sp³-hybridized carbons (Fsp3) is 0.538. The van der Waals surface area contributed by atoms with E-state index in [9.17, 15) is 8.42 Å². The molecule has 1 heterocycles. The van der Waals surface area contributed by atoms with Gasteiger partial charge in [0.2, 0.25) is 10.0 Å². The van der Waals surface area contributed by atoms with E-state index >= 15 is 0 Å². The van der Waals surface area contributed by atoms with Crippen LogP contribution >= 0.6 is 0 Å². The maximum Gasteiger partial charge on any atom is 0.240 e. The lowest BCUT2D eigenvalue weighted by molar-refractivity contribution is 0.186. The number of ether oxygens (including phenoxy) is 1. The van der Waals surface area contributed by atoms with Crippen LogP contribution in [0.15, 0.2) is 29.2 Å². The third kappa shape index (κ3) is 4.01. The van der Waals surface area contributed by atoms with Gasteiger partial charge in [0.05, 0.1) is 11.5 Å². The zero-order valence-corrected chi connectivity index (χ0v) is 11.5. The van der Waals surface area contributed by atoms with Gasteiger partial charge in [-0.05, 0) is 36.5 Å². The van der Waals surface area contributed by atoms with Crippen molar-refractivity contribution in [2.45, 2.75) is 17.7 Å². The minimum atomic E-state index is -3.45. The monoisotopic (exact) mass is 285 g/mol. The van der Waals surface area contributed by atoms with Crippen molar-refractivity contribution in [3.05, 3.63) is 29.8 Å². The summed E-state index contributed by atoms with van der Waals surface area (Å²) in [6.07, 6.45) is 1.44. The molecule has 1 aromatic rings. The van der Waals surface area contributed by atoms with Crippen LogP contribution in [0.5, 0.6) is 0 Å². The molecule has 0 radical (unpaired) electrons. The molecule has 1 atom stereocenters. The number of aliphatic hydroxyl groups is 1. The van der Waals surface area contributed by atoms with Crippen molar-refractivity contribution in [3.63, 3.8) is 0 Å². The van der Waals surface area contributed by atoms with Crippen LogP contribution in [0.2, 0.25) is 0 Å². The first-order valence-corrected chi connectivity index (χ1v) is 7.87. The molecule has 1 saturated heterocycles. The molecule has 0 saturated carbocycles. The molecule has 1 fully saturated rings. The number of hydrogen-bond acceptors (Lipinski definition) is 4. The lowest BCUT2D eigenvalue weighted by Gasteiger charge is -2.10. The molecule has 5 nitrogen and oxygen atoms in total. The first-order chi connectivity index (χ1) is 9.12. The van der Waals surface area contributed by atoms with E-state index < -0.39 is 10.0 Å². The fourth-order valence-corrected chi connectivity index (χ4v) is 3.14. The van der Waals surface area contributed by atoms with Crippen molar-refractivity contribution >= 4 is 10.0 Å². The normalized spacial score (nSPS) is 19.7. The highest BCUT2D eigenvalue weighted by molar-refractivity contribution is 7.89. The molecule has 1 aliphatic heterocycles. The van der Waals surface area contributed by atoms with Crippen LogP contribution in [-0.2, 0) is 21.2 Å². The van der Waals surface area contributed by atoms with Crippen molar-refractivity contribution in [1.29, 1.82) is 0 Å². The molecule has 1 aliphatic rings. The number of sulfonamides is 1. The molecule has 2 N–H and O–H groups in total. The summed E-state index contributed by atoms with van der Waals surface area (Å²) in [5, 5.41) is 8.81. The standard InChI is InChI=1S/C13H19NO4S/c15-7-5-11-1-3-13(4-2-11)19(16,17)14-9-12-6-8-18-10-12/h1-4,12,14-15H,5-10H2. The number of benzene rings is 1. The summed E-state index contributed by atoms with van der Waals surface area (Å²) in [6, 6.07) is 6.59. The molecule has 0 aromatic heterocycles. The van der Waals surface area contributed by atoms with Gasteiger partial charge in [0.15, 0.2) is 0 Å². The van der Waals surface area contributed by atoms with Crippen LogP contribution in [0.4, 0.5) is 0 Å². The molecular formula is C13H19NO4S. The van der Waals surface area contributed by atoms with Crippen LogP contribution in [0, 0.1) is 5.92 Å². The van der Waals surface area contributed by atoms with E-state index in [1.807, 2.05) is 0 Å². The molecular weight excluding hydrogens is 266 g/mol. The molecule has 0 aliphatic carbocycles. The molecule has 1 aromatic carbocycles. The zero-order chi connectivity index (χ0) is 13.7. The highest BCUT2D eigenvalue weighted by Crippen LogP contribution is 2.14. The van der Waals surface area contributed by atoms with Crippen molar-refractivity contribution < 1.29 is 18.3 Å². The smallest absolute Gasteiger partial charge is 0.240 e. The molecule has 106 valence electrons. The highest BCUT2D eigenvalue weighted by atomic mass is 32.2. The van der Waals surface area contributed by atoms with E-state index in [1.54, 1.807) is 24.3 Å². The van der Waals surface area contributed by atoms with Gasteiger partial charge in [-0.3, -0.25) is 0 Å². The zero-order valence-electron chi connectivity index (χ0n) is 10.7. The Balaban J connectivity index is 1.97. The molecule has 0 bridgehead atoms. The summed E-state index contributed by atoms with van der Waals surface area (Å²) < 4.78 is 31.9. The SMILES string of the molecule is O=S(=O)(NCC1CCOC1)c1ccc(CCO)cc1. The summed E-state index contributed by atoms with van der Waals surface area (Å²) in [5.74, 6) is 0.267. The molecule has 0 spiro atoms. The Kier molecular flexibility index (Phi) is 4.93. The second-order valence-electron chi connectivity index (χ2n) is 4.70. The summed E-state index contributed by atoms with van der Waals surface area (Å²) in [7, 11) is -3.45. The quantitative estimate of drug-likeness (QED) is 0.800. The number of rotatable bonds is 6. The number of aliphatic hydroxyl groups excluding tert-OH is 1. The maximum absolute atomic E-state index is 12.1. The average Bonchev–Trinajstić information content (AvgIpc) is 2.91. The lowest BCUT2D eigenvalue weighted by atomic mass is 10.1. The van der Waals surface area contributed by atoms with E-state index in [0.717, 1.165) is 12.0 Å². The fourth-order valence-electron chi connectivity index (χ4n) is 2.02. The second kappa shape index (κ2) is 6.47. The average molecular weight is 285 g/mol. The summed E-state index contributed by atoms with van der Waals surface area (Å²) in [4.78, 5) is 0.258. The topological polar surface area (TPSA) is 75.6 Å². The van der Waals surface area contributed by atoms with Crippen LogP contribution in [0.3, 0.4) is 0 Å². The van der Waals surface area contributed by atoms with Gasteiger partial charge in [-0.2, -0.15) is 0 Å². The van der Waals surface area contributed by atoms with Gasteiger partial charge in [-0.15, -0.1) is 0 Å². The summed E-state index contributed by atoms with van der Waals surface area (Å²) >= 11 is 0. The van der Waals surface area contributed by atoms with E-state index in [1.165, 1.54) is 0 Å². The van der Waals surface area contributed by atoms with Gasteiger partial charge in [0.25, 0.3) is 0 Å². The van der Waals surface area contributed by atoms with Gasteiger partial charge >= 0.3 is 0 Å². The molecule has 2 rings (SSSR count). The van der Waals surface area contributed by atoms with E-state index in [4.69, 9.17) is 9.84 Å². The maximum atomic E-state index is 12.1. The highest BCUT2D eigenvalue weighted by Gasteiger charge is 2.20. The van der Waals surface area contributed by atoms with Crippen LogP contribution < -0.4 is 4.72 Å². The Morgan fingerprint density at radius 3 is 2.63 bits per heavy atom. The van der Waals surface area contributed by atoms with Gasteiger partial charge in [-0.1, -0.05) is 12.1 Å². The van der Waals surface area contributed by atoms with Crippen LogP contribution in [0.25, 0.3) is 0 Å². The van der Waals surface area contributed by atoms with E-state index in [2.05, 4.69) is 4.72 Å². The third-order valence-corrected chi connectivity index (χ3v) is 4.66. The Bertz CT molecular complexity index is 492. The Hall–Kier alpha value is -0.950. The Morgan fingerprint density at radius 1 is 1.32 bits per heavy atom. The van der Waals surface area contributed by atoms with E-state index in [-0.39, 0.29) is 17.4 Å². The van der Waals surface area contributed by atoms with Crippen LogP contribution in [0.1, 0.15) is 12.0 Å². The lowest BCUT2D eigenvalue weighted by Crippen LogP contribution is -2.29. The van der Waals surface area contributed by atoms with Crippen molar-refractivity contribution in [2.75, 3.05) is 26.4 Å². The Morgan fingerprint density at radius 2 is 2.05 bits per heavy atom. The number of hydrogen-bond donors (Lipinski definition) is 2. The predicted molar refractivity (Wildman–Crippen MR) is 71.3 cm³/mol. The van der Waals surface area contributed by atoms with Gasteiger partial charge < -0.3 is 9.84 Å². The predicted octanol–water partition coefficient (Wildman–Crippen LogP) is 0.536. The minimum absolute atomic E-state index is 0.0615. The van der Waals surface area contributed by atoms with Gasteiger partial charge in [0, 0.05) is 19.8 Å². The van der Waals surface area contributed by atoms with Gasteiger partial charge in [0.1, 0.15) is 0 Å². The molecule has 1 unspecified atom stereocenters. The van der Waals surface area contributed by atoms with Crippen LogP contribution in [-0.4, -0.2) is 39.9 Å². The molecule has 6 heteroatoms. The van der Waals surface area contributed by atoms with Gasteiger partial charge in [-0.25, -0.2) is 13.1 Å². The first-order valence-electron chi connectivity index (χ1n) is 6.39. The summed E-state index contributed by atoms with van der Waals surface area (Å²) in [5.41, 5.74) is 0.922. The largest absolute Gasteiger partial charge is 0.396 e. The minimum Gasteiger partial charge on any atom is -0.396 e. The number of nitrogens with one attached hydrogen (secondary N) is 1.